The summed E-state index contributed by atoms with van der Waals surface area (Å²) in [4.78, 5) is 55.8. The van der Waals surface area contributed by atoms with Gasteiger partial charge in [0.25, 0.3) is 0 Å². The van der Waals surface area contributed by atoms with Crippen molar-refractivity contribution in [3.8, 4) is 0 Å². The van der Waals surface area contributed by atoms with E-state index in [1.807, 2.05) is 18.2 Å². The first-order valence-corrected chi connectivity index (χ1v) is 22.5. The van der Waals surface area contributed by atoms with Crippen LogP contribution in [0.3, 0.4) is 0 Å². The van der Waals surface area contributed by atoms with Crippen LogP contribution in [0.1, 0.15) is 153 Å². The number of amides is 2. The van der Waals surface area contributed by atoms with E-state index in [9.17, 15) is 24.3 Å². The molecule has 3 unspecified atom stereocenters. The molecule has 3 saturated heterocycles. The smallest absolute Gasteiger partial charge is 0.338 e. The zero-order valence-corrected chi connectivity index (χ0v) is 36.0. The van der Waals surface area contributed by atoms with Crippen molar-refractivity contribution in [2.24, 2.45) is 5.92 Å². The molecule has 5 aliphatic rings. The summed E-state index contributed by atoms with van der Waals surface area (Å²) in [6.45, 7) is 9.69. The Morgan fingerprint density at radius 1 is 0.983 bits per heavy atom. The van der Waals surface area contributed by atoms with Crippen LogP contribution in [0.4, 0.5) is 0 Å². The van der Waals surface area contributed by atoms with Crippen molar-refractivity contribution < 1.29 is 48.0 Å². The SMILES string of the molecule is CCCCCC1(CCCCC)O[C@@H]2[C@@H](C=C(C(=O)N3CCC[C@@H]3C(=O)N[C@H](CO)CCC(=O)OC(C)(C)C)C[C@H]2OC(=O)c2ccc(C=CC3CCC4OC4C3)cc2)O1. The topological polar surface area (TPSA) is 153 Å². The number of hydrogen-bond acceptors (Lipinski definition) is 10. The molecule has 12 heteroatoms. The van der Waals surface area contributed by atoms with E-state index < -0.39 is 53.7 Å². The number of allylic oxidation sites excluding steroid dienone is 1. The molecule has 59 heavy (non-hydrogen) atoms. The Bertz CT molecular complexity index is 1660. The first kappa shape index (κ1) is 45.0. The lowest BCUT2D eigenvalue weighted by atomic mass is 9.89. The summed E-state index contributed by atoms with van der Waals surface area (Å²) in [5, 5.41) is 12.9. The molecule has 0 bridgehead atoms. The van der Waals surface area contributed by atoms with Gasteiger partial charge < -0.3 is 39.0 Å². The van der Waals surface area contributed by atoms with E-state index in [0.29, 0.717) is 61.5 Å². The van der Waals surface area contributed by atoms with Gasteiger partial charge in [0.1, 0.15) is 30.0 Å². The molecule has 0 aromatic heterocycles. The molecule has 6 rings (SSSR count). The van der Waals surface area contributed by atoms with Crippen molar-refractivity contribution in [2.45, 2.75) is 191 Å². The Kier molecular flexibility index (Phi) is 15.5. The molecule has 2 aliphatic carbocycles. The zero-order valence-electron chi connectivity index (χ0n) is 36.0. The summed E-state index contributed by atoms with van der Waals surface area (Å²) in [7, 11) is 0. The summed E-state index contributed by atoms with van der Waals surface area (Å²) in [5.41, 5.74) is 1.19. The van der Waals surface area contributed by atoms with Crippen LogP contribution in [-0.2, 0) is 38.1 Å². The highest BCUT2D eigenvalue weighted by molar-refractivity contribution is 5.98. The number of ether oxygens (including phenoxy) is 5. The average Bonchev–Trinajstić information content (AvgIpc) is 3.63. The minimum absolute atomic E-state index is 0.0323. The van der Waals surface area contributed by atoms with Crippen molar-refractivity contribution >= 4 is 29.8 Å². The molecular formula is C47H68N2O10. The number of rotatable bonds is 19. The third-order valence-corrected chi connectivity index (χ3v) is 12.3. The average molecular weight is 821 g/mol. The molecule has 3 aliphatic heterocycles. The number of likely N-dealkylation sites (tertiary alicyclic amines) is 1. The maximum absolute atomic E-state index is 14.4. The van der Waals surface area contributed by atoms with Gasteiger partial charge in [0.15, 0.2) is 5.79 Å². The van der Waals surface area contributed by atoms with Crippen molar-refractivity contribution in [3.63, 3.8) is 0 Å². The molecule has 3 heterocycles. The fourth-order valence-electron chi connectivity index (χ4n) is 9.04. The molecule has 1 aromatic rings. The van der Waals surface area contributed by atoms with Crippen LogP contribution in [0.25, 0.3) is 6.08 Å². The summed E-state index contributed by atoms with van der Waals surface area (Å²) < 4.78 is 31.0. The predicted octanol–water partition coefficient (Wildman–Crippen LogP) is 7.35. The number of carbonyl (C=O) groups is 4. The second-order valence-electron chi connectivity index (χ2n) is 18.3. The first-order chi connectivity index (χ1) is 28.3. The van der Waals surface area contributed by atoms with Gasteiger partial charge in [0.2, 0.25) is 11.8 Å². The lowest BCUT2D eigenvalue weighted by Crippen LogP contribution is -2.51. The van der Waals surface area contributed by atoms with Gasteiger partial charge in [-0.1, -0.05) is 63.8 Å². The fraction of sp³-hybridized carbons (Fsp3) is 0.702. The van der Waals surface area contributed by atoms with E-state index in [1.165, 1.54) is 0 Å². The third-order valence-electron chi connectivity index (χ3n) is 12.3. The van der Waals surface area contributed by atoms with E-state index in [-0.39, 0.29) is 37.7 Å². The van der Waals surface area contributed by atoms with Gasteiger partial charge in [-0.05, 0) is 102 Å². The van der Waals surface area contributed by atoms with Crippen LogP contribution in [0.5, 0.6) is 0 Å². The zero-order chi connectivity index (χ0) is 42.2. The quantitative estimate of drug-likeness (QED) is 0.0823. The fourth-order valence-corrected chi connectivity index (χ4v) is 9.04. The van der Waals surface area contributed by atoms with E-state index in [1.54, 1.807) is 37.8 Å². The number of benzene rings is 1. The van der Waals surface area contributed by atoms with Gasteiger partial charge >= 0.3 is 11.9 Å². The Labute approximate surface area is 350 Å². The van der Waals surface area contributed by atoms with Crippen molar-refractivity contribution in [2.75, 3.05) is 13.2 Å². The number of nitrogens with one attached hydrogen (secondary N) is 1. The van der Waals surface area contributed by atoms with Crippen LogP contribution in [-0.4, -0.2) is 101 Å². The highest BCUT2D eigenvalue weighted by Gasteiger charge is 2.53. The van der Waals surface area contributed by atoms with Gasteiger partial charge in [-0.25, -0.2) is 4.79 Å². The molecule has 4 fully saturated rings. The minimum atomic E-state index is -0.854. The van der Waals surface area contributed by atoms with Crippen molar-refractivity contribution in [1.29, 1.82) is 0 Å². The minimum Gasteiger partial charge on any atom is -0.460 e. The molecule has 2 N–H and O–H groups in total. The molecular weight excluding hydrogens is 753 g/mol. The molecule has 1 aromatic carbocycles. The summed E-state index contributed by atoms with van der Waals surface area (Å²) in [6.07, 6.45) is 17.2. The first-order valence-electron chi connectivity index (χ1n) is 22.5. The standard InChI is InChI=1S/C47H68N2O10/c1-6-8-10-24-47(25-11-9-7-2)57-40-29-34(44(53)49-26-12-13-36(49)43(52)48-35(30-50)21-23-41(51)58-46(3,4)5)28-39(42(40)59-47)56-45(54)33-19-16-31(17-20-33)14-15-32-18-22-37-38(27-32)55-37/h14-17,19-20,29,32,35-40,42,50H,6-13,18,21-28,30H2,1-5H3,(H,48,52)/t32?,35-,36+,37?,38?,39+,40+,42-/m0/s1. The van der Waals surface area contributed by atoms with Gasteiger partial charge in [-0.15, -0.1) is 0 Å². The van der Waals surface area contributed by atoms with E-state index in [2.05, 4.69) is 31.3 Å². The van der Waals surface area contributed by atoms with Gasteiger partial charge in [0.05, 0.1) is 30.4 Å². The Hall–Kier alpha value is -3.58. The van der Waals surface area contributed by atoms with Gasteiger partial charge in [-0.2, -0.15) is 0 Å². The highest BCUT2D eigenvalue weighted by atomic mass is 16.8. The number of hydrogen-bond donors (Lipinski definition) is 2. The summed E-state index contributed by atoms with van der Waals surface area (Å²) in [6, 6.07) is 5.96. The number of nitrogens with zero attached hydrogens (tertiary/aromatic N) is 1. The van der Waals surface area contributed by atoms with Crippen LogP contribution >= 0.6 is 0 Å². The molecule has 8 atom stereocenters. The number of epoxide rings is 1. The molecule has 0 spiro atoms. The number of unbranched alkanes of at least 4 members (excludes halogenated alkanes) is 4. The summed E-state index contributed by atoms with van der Waals surface area (Å²) >= 11 is 0. The molecule has 0 radical (unpaired) electrons. The van der Waals surface area contributed by atoms with Crippen molar-refractivity contribution in [3.05, 3.63) is 53.1 Å². The summed E-state index contributed by atoms with van der Waals surface area (Å²) in [5.74, 6) is -1.97. The number of fused-ring (bicyclic) bond motifs is 2. The maximum atomic E-state index is 14.4. The molecule has 1 saturated carbocycles. The van der Waals surface area contributed by atoms with Crippen LogP contribution < -0.4 is 5.32 Å². The van der Waals surface area contributed by atoms with Gasteiger partial charge in [0, 0.05) is 37.8 Å². The van der Waals surface area contributed by atoms with E-state index >= 15 is 0 Å². The highest BCUT2D eigenvalue weighted by Crippen LogP contribution is 2.44. The largest absolute Gasteiger partial charge is 0.460 e. The van der Waals surface area contributed by atoms with Gasteiger partial charge in [-0.3, -0.25) is 14.4 Å². The number of aliphatic hydroxyl groups excluding tert-OH is 1. The third kappa shape index (κ3) is 12.3. The Balaban J connectivity index is 1.16. The monoisotopic (exact) mass is 820 g/mol. The Morgan fingerprint density at radius 3 is 2.37 bits per heavy atom. The number of carbonyl (C=O) groups excluding carboxylic acids is 4. The van der Waals surface area contributed by atoms with Crippen LogP contribution in [0.2, 0.25) is 0 Å². The predicted molar refractivity (Wildman–Crippen MR) is 223 cm³/mol. The maximum Gasteiger partial charge on any atom is 0.338 e. The van der Waals surface area contributed by atoms with Crippen LogP contribution in [0, 0.1) is 5.92 Å². The molecule has 326 valence electrons. The number of aliphatic hydroxyl groups is 1. The number of esters is 2. The second-order valence-corrected chi connectivity index (χ2v) is 18.3. The van der Waals surface area contributed by atoms with E-state index in [0.717, 1.165) is 63.4 Å². The lowest BCUT2D eigenvalue weighted by molar-refractivity contribution is -0.190. The Morgan fingerprint density at radius 2 is 1.71 bits per heavy atom. The van der Waals surface area contributed by atoms with Crippen LogP contribution in [0.15, 0.2) is 42.0 Å². The van der Waals surface area contributed by atoms with E-state index in [4.69, 9.17) is 23.7 Å². The van der Waals surface area contributed by atoms with Crippen molar-refractivity contribution in [1.82, 2.24) is 10.2 Å². The molecule has 2 amide bonds. The molecule has 12 nitrogen and oxygen atoms in total. The lowest BCUT2D eigenvalue weighted by Gasteiger charge is -2.33. The second kappa shape index (κ2) is 20.3. The normalized spacial score (nSPS) is 27.7.